The molecule has 0 amide bonds. The maximum Gasteiger partial charge on any atom is 0.0983 e. The van der Waals surface area contributed by atoms with Gasteiger partial charge in [-0.1, -0.05) is 25.5 Å². The first-order valence-electron chi connectivity index (χ1n) is 7.09. The summed E-state index contributed by atoms with van der Waals surface area (Å²) in [6.45, 7) is 4.30. The summed E-state index contributed by atoms with van der Waals surface area (Å²) < 4.78 is 6.00. The Morgan fingerprint density at radius 1 is 1.33 bits per heavy atom. The van der Waals surface area contributed by atoms with Gasteiger partial charge in [0.05, 0.1) is 12.2 Å². The number of fused-ring (bicyclic) bond motifs is 2. The minimum Gasteiger partial charge on any atom is -0.385 e. The highest BCUT2D eigenvalue weighted by Gasteiger charge is 2.40. The Bertz CT molecular complexity index is 390. The van der Waals surface area contributed by atoms with E-state index in [4.69, 9.17) is 4.74 Å². The molecule has 0 aliphatic carbocycles. The van der Waals surface area contributed by atoms with Crippen molar-refractivity contribution in [3.8, 4) is 0 Å². The fourth-order valence-electron chi connectivity index (χ4n) is 2.88. The van der Waals surface area contributed by atoms with Crippen LogP contribution in [-0.2, 0) is 4.74 Å². The van der Waals surface area contributed by atoms with Crippen LogP contribution < -0.4 is 10.6 Å². The van der Waals surface area contributed by atoms with Crippen molar-refractivity contribution in [2.75, 3.05) is 18.4 Å². The van der Waals surface area contributed by atoms with Gasteiger partial charge >= 0.3 is 0 Å². The lowest BCUT2D eigenvalue weighted by molar-refractivity contribution is 0.0160. The average Bonchev–Trinajstić information content (AvgIpc) is 3.02. The zero-order valence-electron chi connectivity index (χ0n) is 11.0. The Morgan fingerprint density at radius 3 is 2.78 bits per heavy atom. The molecule has 2 fully saturated rings. The number of ether oxygens (including phenoxy) is 1. The predicted molar refractivity (Wildman–Crippen MR) is 73.9 cm³/mol. The van der Waals surface area contributed by atoms with Gasteiger partial charge in [-0.15, -0.1) is 0 Å². The Hall–Kier alpha value is -1.06. The van der Waals surface area contributed by atoms with Crippen molar-refractivity contribution in [1.82, 2.24) is 5.32 Å². The summed E-state index contributed by atoms with van der Waals surface area (Å²) in [6, 6.07) is 9.25. The monoisotopic (exact) mass is 246 g/mol. The molecule has 2 aliphatic rings. The molecule has 2 heterocycles. The summed E-state index contributed by atoms with van der Waals surface area (Å²) in [5.41, 5.74) is 2.51. The summed E-state index contributed by atoms with van der Waals surface area (Å²) >= 11 is 0. The summed E-state index contributed by atoms with van der Waals surface area (Å²) in [6.07, 6.45) is 4.31. The van der Waals surface area contributed by atoms with Gasteiger partial charge in [0.2, 0.25) is 0 Å². The fourth-order valence-corrected chi connectivity index (χ4v) is 2.88. The molecule has 0 aromatic heterocycles. The molecule has 0 spiro atoms. The first-order chi connectivity index (χ1) is 8.86. The van der Waals surface area contributed by atoms with E-state index in [1.165, 1.54) is 30.5 Å². The summed E-state index contributed by atoms with van der Waals surface area (Å²) in [5.74, 6) is 0. The van der Waals surface area contributed by atoms with Gasteiger partial charge in [0, 0.05) is 24.8 Å². The Morgan fingerprint density at radius 2 is 2.17 bits per heavy atom. The molecule has 3 nitrogen and oxygen atoms in total. The van der Waals surface area contributed by atoms with Gasteiger partial charge in [0.25, 0.3) is 0 Å². The van der Waals surface area contributed by atoms with Crippen molar-refractivity contribution < 1.29 is 4.74 Å². The molecular weight excluding hydrogens is 224 g/mol. The maximum absolute atomic E-state index is 6.00. The first-order valence-corrected chi connectivity index (χ1v) is 7.09. The predicted octanol–water partition coefficient (Wildman–Crippen LogP) is 2.70. The van der Waals surface area contributed by atoms with E-state index in [0.29, 0.717) is 12.1 Å². The molecule has 18 heavy (non-hydrogen) atoms. The van der Waals surface area contributed by atoms with Gasteiger partial charge < -0.3 is 15.4 Å². The van der Waals surface area contributed by atoms with Gasteiger partial charge in [-0.3, -0.25) is 0 Å². The molecule has 3 heteroatoms. The summed E-state index contributed by atoms with van der Waals surface area (Å²) in [5, 5.41) is 6.96. The SMILES string of the molecule is CCCCNc1ccc(C2OC3CNC2C3)cc1. The normalized spacial score (nSPS) is 29.7. The molecule has 3 unspecified atom stereocenters. The number of hydrogen-bond acceptors (Lipinski definition) is 3. The number of anilines is 1. The van der Waals surface area contributed by atoms with Crippen molar-refractivity contribution >= 4 is 5.69 Å². The van der Waals surface area contributed by atoms with Gasteiger partial charge in [-0.05, 0) is 30.5 Å². The van der Waals surface area contributed by atoms with Gasteiger partial charge in [-0.25, -0.2) is 0 Å². The van der Waals surface area contributed by atoms with E-state index in [1.54, 1.807) is 0 Å². The molecule has 1 aromatic rings. The second-order valence-electron chi connectivity index (χ2n) is 5.33. The van der Waals surface area contributed by atoms with Crippen LogP contribution in [0.3, 0.4) is 0 Å². The molecule has 2 bridgehead atoms. The summed E-state index contributed by atoms with van der Waals surface area (Å²) in [4.78, 5) is 0. The van der Waals surface area contributed by atoms with Crippen LogP contribution >= 0.6 is 0 Å². The number of unbranched alkanes of at least 4 members (excludes halogenated alkanes) is 1. The van der Waals surface area contributed by atoms with Crippen LogP contribution in [0, 0.1) is 0 Å². The standard InChI is InChI=1S/C15H22N2O/c1-2-3-8-16-12-6-4-11(5-7-12)15-14-9-13(18-15)10-17-14/h4-7,13-17H,2-3,8-10H2,1H3. The first kappa shape index (κ1) is 12.0. The molecule has 2 N–H and O–H groups in total. The molecule has 98 valence electrons. The smallest absolute Gasteiger partial charge is 0.0983 e. The van der Waals surface area contributed by atoms with E-state index >= 15 is 0 Å². The van der Waals surface area contributed by atoms with Crippen LogP contribution in [0.15, 0.2) is 24.3 Å². The lowest BCUT2D eigenvalue weighted by atomic mass is 10.0. The number of nitrogens with one attached hydrogen (secondary N) is 2. The van der Waals surface area contributed by atoms with E-state index in [-0.39, 0.29) is 6.10 Å². The van der Waals surface area contributed by atoms with Gasteiger partial charge in [0.1, 0.15) is 0 Å². The Kier molecular flexibility index (Phi) is 3.52. The number of morpholine rings is 1. The largest absolute Gasteiger partial charge is 0.385 e. The highest BCUT2D eigenvalue weighted by atomic mass is 16.5. The number of benzene rings is 1. The third-order valence-corrected chi connectivity index (χ3v) is 3.93. The van der Waals surface area contributed by atoms with Crippen LogP contribution in [0.4, 0.5) is 5.69 Å². The van der Waals surface area contributed by atoms with Crippen molar-refractivity contribution in [3.05, 3.63) is 29.8 Å². The number of hydrogen-bond donors (Lipinski definition) is 2. The Labute approximate surface area is 109 Å². The lowest BCUT2D eigenvalue weighted by Crippen LogP contribution is -2.33. The van der Waals surface area contributed by atoms with Crippen LogP contribution in [-0.4, -0.2) is 25.2 Å². The van der Waals surface area contributed by atoms with Gasteiger partial charge in [-0.2, -0.15) is 0 Å². The zero-order chi connectivity index (χ0) is 12.4. The Balaban J connectivity index is 1.61. The van der Waals surface area contributed by atoms with E-state index in [9.17, 15) is 0 Å². The van der Waals surface area contributed by atoms with Crippen molar-refractivity contribution in [3.63, 3.8) is 0 Å². The van der Waals surface area contributed by atoms with E-state index in [2.05, 4.69) is 41.8 Å². The molecule has 0 radical (unpaired) electrons. The van der Waals surface area contributed by atoms with Crippen LogP contribution in [0.1, 0.15) is 37.9 Å². The minimum atomic E-state index is 0.258. The van der Waals surface area contributed by atoms with Gasteiger partial charge in [0.15, 0.2) is 0 Å². The van der Waals surface area contributed by atoms with Crippen molar-refractivity contribution in [2.24, 2.45) is 0 Å². The van der Waals surface area contributed by atoms with Crippen molar-refractivity contribution in [2.45, 2.75) is 44.4 Å². The average molecular weight is 246 g/mol. The maximum atomic E-state index is 6.00. The fraction of sp³-hybridized carbons (Fsp3) is 0.600. The topological polar surface area (TPSA) is 33.3 Å². The zero-order valence-corrected chi connectivity index (χ0v) is 11.0. The highest BCUT2D eigenvalue weighted by molar-refractivity contribution is 5.45. The highest BCUT2D eigenvalue weighted by Crippen LogP contribution is 2.36. The lowest BCUT2D eigenvalue weighted by Gasteiger charge is -2.23. The molecule has 3 atom stereocenters. The second-order valence-corrected chi connectivity index (χ2v) is 5.33. The second kappa shape index (κ2) is 5.29. The quantitative estimate of drug-likeness (QED) is 0.784. The van der Waals surface area contributed by atoms with Crippen LogP contribution in [0.5, 0.6) is 0 Å². The third kappa shape index (κ3) is 2.38. The molecule has 0 saturated carbocycles. The van der Waals surface area contributed by atoms with Crippen molar-refractivity contribution in [1.29, 1.82) is 0 Å². The molecule has 2 aliphatic heterocycles. The molecule has 3 rings (SSSR count). The van der Waals surface area contributed by atoms with E-state index < -0.39 is 0 Å². The van der Waals surface area contributed by atoms with E-state index in [0.717, 1.165) is 13.1 Å². The number of rotatable bonds is 5. The summed E-state index contributed by atoms with van der Waals surface area (Å²) in [7, 11) is 0. The molecule has 1 aromatic carbocycles. The van der Waals surface area contributed by atoms with Crippen LogP contribution in [0.2, 0.25) is 0 Å². The minimum absolute atomic E-state index is 0.258. The third-order valence-electron chi connectivity index (χ3n) is 3.93. The van der Waals surface area contributed by atoms with E-state index in [1.807, 2.05) is 0 Å². The molecular formula is C15H22N2O. The van der Waals surface area contributed by atoms with Crippen LogP contribution in [0.25, 0.3) is 0 Å². The molecule has 2 saturated heterocycles.